The Bertz CT molecular complexity index is 1570. The number of nitrogens with zero attached hydrogens (tertiary/aromatic N) is 6. The molecule has 5 heterocycles. The third kappa shape index (κ3) is 6.86. The first kappa shape index (κ1) is 31.6. The second-order valence-corrected chi connectivity index (χ2v) is 15.0. The summed E-state index contributed by atoms with van der Waals surface area (Å²) in [5.41, 5.74) is 9.37. The van der Waals surface area contributed by atoms with Crippen molar-refractivity contribution < 1.29 is 14.6 Å². The fourth-order valence-electron chi connectivity index (χ4n) is 8.47. The van der Waals surface area contributed by atoms with Gasteiger partial charge in [-0.3, -0.25) is 0 Å². The molecule has 4 N–H and O–H groups in total. The van der Waals surface area contributed by atoms with E-state index in [0.717, 1.165) is 69.9 Å². The lowest BCUT2D eigenvalue weighted by atomic mass is 9.83. The van der Waals surface area contributed by atoms with E-state index in [1.807, 2.05) is 39.0 Å². The molecule has 2 aromatic heterocycles. The zero-order valence-corrected chi connectivity index (χ0v) is 27.8. The minimum Gasteiger partial charge on any atom is -0.507 e. The molecule has 47 heavy (non-hydrogen) atoms. The predicted octanol–water partition coefficient (Wildman–Crippen LogP) is 5.19. The Labute approximate surface area is 277 Å². The summed E-state index contributed by atoms with van der Waals surface area (Å²) in [5, 5.41) is 21.8. The minimum atomic E-state index is -0.471. The van der Waals surface area contributed by atoms with Crippen molar-refractivity contribution in [1.82, 2.24) is 30.4 Å². The van der Waals surface area contributed by atoms with Crippen molar-refractivity contribution in [2.45, 2.75) is 70.3 Å². The van der Waals surface area contributed by atoms with Crippen LogP contribution < -0.4 is 16.0 Å². The van der Waals surface area contributed by atoms with Crippen molar-refractivity contribution in [3.63, 3.8) is 0 Å². The first-order valence-electron chi connectivity index (χ1n) is 17.3. The van der Waals surface area contributed by atoms with Crippen LogP contribution in [0.15, 0.2) is 42.7 Å². The number of piperidine rings is 1. The van der Waals surface area contributed by atoms with Gasteiger partial charge in [-0.05, 0) is 126 Å². The normalized spacial score (nSPS) is 26.0. The summed E-state index contributed by atoms with van der Waals surface area (Å²) in [4.78, 5) is 26.8. The number of aromatic hydroxyl groups is 1. The highest BCUT2D eigenvalue weighted by atomic mass is 16.6. The number of fused-ring (bicyclic) bond motifs is 3. The van der Waals surface area contributed by atoms with Crippen LogP contribution in [0.25, 0.3) is 11.3 Å². The Kier molecular flexibility index (Phi) is 8.67. The number of rotatable bonds is 8. The number of phenolic OH excluding ortho intramolecular Hbond substituents is 1. The molecule has 11 nitrogen and oxygen atoms in total. The van der Waals surface area contributed by atoms with Crippen LogP contribution in [-0.2, 0) is 4.74 Å². The Morgan fingerprint density at radius 3 is 2.57 bits per heavy atom. The average Bonchev–Trinajstić information content (AvgIpc) is 3.50. The number of para-hydroxylation sites is 1. The van der Waals surface area contributed by atoms with Crippen LogP contribution in [-0.4, -0.2) is 81.1 Å². The molecule has 2 aliphatic carbocycles. The monoisotopic (exact) mass is 640 g/mol. The smallest absolute Gasteiger partial charge is 0.407 e. The first-order chi connectivity index (χ1) is 22.6. The van der Waals surface area contributed by atoms with Crippen molar-refractivity contribution in [3.05, 3.63) is 54.1 Å². The van der Waals surface area contributed by atoms with E-state index in [2.05, 4.69) is 37.7 Å². The molecule has 2 saturated carbocycles. The van der Waals surface area contributed by atoms with Crippen molar-refractivity contribution in [2.75, 3.05) is 49.9 Å². The number of phenols is 1. The summed E-state index contributed by atoms with van der Waals surface area (Å²) in [7, 11) is 0. The summed E-state index contributed by atoms with van der Waals surface area (Å²) < 4.78 is 5.32. The Morgan fingerprint density at radius 1 is 1.06 bits per heavy atom. The maximum Gasteiger partial charge on any atom is 0.407 e. The van der Waals surface area contributed by atoms with Gasteiger partial charge in [0.25, 0.3) is 0 Å². The Balaban J connectivity index is 0.922. The number of amides is 1. The van der Waals surface area contributed by atoms with Gasteiger partial charge >= 0.3 is 6.09 Å². The van der Waals surface area contributed by atoms with Crippen LogP contribution in [0.4, 0.5) is 16.3 Å². The Morgan fingerprint density at radius 2 is 1.83 bits per heavy atom. The van der Waals surface area contributed by atoms with Crippen molar-refractivity contribution >= 4 is 17.6 Å². The van der Waals surface area contributed by atoms with E-state index in [0.29, 0.717) is 59.1 Å². The number of aromatic nitrogens is 4. The minimum absolute atomic E-state index is 0.189. The standard InChI is InChI=1S/C36H48N8O3/c1-36(2,3)47-35(46)38-12-6-13-43-14-9-22(10-15-43)24-19-39-34(40-20-24)31-23-11-16-44(21-27-26(17-23)32(27)31)29-18-28(41-42-33(29)37)25-7-4-5-8-30(25)45/h4-5,7-8,18-20,22-23,26-27,31-32,45H,6,9-17,21H2,1-3H3,(H2,37,42)(H,38,46). The van der Waals surface area contributed by atoms with Crippen LogP contribution in [0.1, 0.15) is 76.1 Å². The van der Waals surface area contributed by atoms with E-state index < -0.39 is 5.60 Å². The molecule has 5 atom stereocenters. The number of nitrogen functional groups attached to an aromatic ring is 1. The van der Waals surface area contributed by atoms with Gasteiger partial charge < -0.3 is 30.7 Å². The van der Waals surface area contributed by atoms with E-state index in [4.69, 9.17) is 20.4 Å². The number of alkyl carbamates (subject to hydrolysis) is 1. The number of ether oxygens (including phenoxy) is 1. The van der Waals surface area contributed by atoms with Gasteiger partial charge in [-0.1, -0.05) is 12.1 Å². The van der Waals surface area contributed by atoms with Crippen LogP contribution in [0, 0.1) is 23.7 Å². The fraction of sp³-hybridized carbons (Fsp3) is 0.583. The molecule has 3 saturated heterocycles. The molecular weight excluding hydrogens is 592 g/mol. The number of hydrogen-bond acceptors (Lipinski definition) is 10. The van der Waals surface area contributed by atoms with Crippen LogP contribution in [0.3, 0.4) is 0 Å². The third-order valence-electron chi connectivity index (χ3n) is 10.8. The van der Waals surface area contributed by atoms with Crippen molar-refractivity contribution in [2.24, 2.45) is 23.7 Å². The number of benzene rings is 1. The molecule has 1 aromatic carbocycles. The molecular formula is C36H48N8O3. The molecule has 1 amide bonds. The average molecular weight is 641 g/mol. The van der Waals surface area contributed by atoms with Crippen LogP contribution in [0.5, 0.6) is 5.75 Å². The highest BCUT2D eigenvalue weighted by Crippen LogP contribution is 2.67. The van der Waals surface area contributed by atoms with Gasteiger partial charge in [0.05, 0.1) is 11.4 Å². The van der Waals surface area contributed by atoms with Gasteiger partial charge in [0.2, 0.25) is 0 Å². The highest BCUT2D eigenvalue weighted by Gasteiger charge is 2.63. The predicted molar refractivity (Wildman–Crippen MR) is 181 cm³/mol. The fourth-order valence-corrected chi connectivity index (χ4v) is 8.47. The van der Waals surface area contributed by atoms with E-state index in [-0.39, 0.29) is 11.8 Å². The Hall–Kier alpha value is -3.99. The summed E-state index contributed by atoms with van der Waals surface area (Å²) in [6, 6.07) is 9.20. The van der Waals surface area contributed by atoms with E-state index >= 15 is 0 Å². The summed E-state index contributed by atoms with van der Waals surface area (Å²) in [6.45, 7) is 11.2. The topological polar surface area (TPSA) is 143 Å². The molecule has 11 heteroatoms. The molecule has 0 spiro atoms. The number of anilines is 2. The molecule has 0 radical (unpaired) electrons. The summed E-state index contributed by atoms with van der Waals surface area (Å²) in [6.07, 6.45) is 9.33. The van der Waals surface area contributed by atoms with Gasteiger partial charge in [0, 0.05) is 43.5 Å². The molecule has 5 aliphatic rings. The molecule has 5 fully saturated rings. The molecule has 3 aromatic rings. The number of likely N-dealkylation sites (tertiary alicyclic amines) is 1. The number of nitrogens with two attached hydrogens (primary N) is 1. The number of nitrogens with one attached hydrogen (secondary N) is 1. The molecule has 4 bridgehead atoms. The van der Waals surface area contributed by atoms with Crippen LogP contribution >= 0.6 is 0 Å². The highest BCUT2D eigenvalue weighted by molar-refractivity contribution is 5.74. The SMILES string of the molecule is CC(C)(C)OC(=O)NCCCN1CCC(c2cnc(C3C4CCN(c5cc(-c6ccccc6O)nnc5N)CC5C(C4)C53)nc2)CC1. The second-order valence-electron chi connectivity index (χ2n) is 15.0. The number of carbonyl (C=O) groups excluding carboxylic acids is 1. The molecule has 5 unspecified atom stereocenters. The zero-order valence-electron chi connectivity index (χ0n) is 27.8. The lowest BCUT2D eigenvalue weighted by Gasteiger charge is -2.34. The van der Waals surface area contributed by atoms with Gasteiger partial charge in [0.15, 0.2) is 5.82 Å². The molecule has 250 valence electrons. The molecule has 8 rings (SSSR count). The van der Waals surface area contributed by atoms with Crippen molar-refractivity contribution in [3.8, 4) is 17.0 Å². The van der Waals surface area contributed by atoms with E-state index in [1.54, 1.807) is 12.1 Å². The maximum absolute atomic E-state index is 11.9. The summed E-state index contributed by atoms with van der Waals surface area (Å²) >= 11 is 0. The van der Waals surface area contributed by atoms with Crippen molar-refractivity contribution in [1.29, 1.82) is 0 Å². The van der Waals surface area contributed by atoms with Gasteiger partial charge in [-0.15, -0.1) is 10.2 Å². The lowest BCUT2D eigenvalue weighted by Crippen LogP contribution is -2.37. The lowest BCUT2D eigenvalue weighted by molar-refractivity contribution is 0.0525. The quantitative estimate of drug-likeness (QED) is 0.282. The summed E-state index contributed by atoms with van der Waals surface area (Å²) in [5.74, 6) is 5.09. The number of hydrogen-bond donors (Lipinski definition) is 3. The number of carbonyl (C=O) groups is 1. The first-order valence-corrected chi connectivity index (χ1v) is 17.3. The van der Waals surface area contributed by atoms with Gasteiger partial charge in [0.1, 0.15) is 17.2 Å². The van der Waals surface area contributed by atoms with Gasteiger partial charge in [-0.25, -0.2) is 14.8 Å². The zero-order chi connectivity index (χ0) is 32.7. The molecule has 3 aliphatic heterocycles. The largest absolute Gasteiger partial charge is 0.507 e. The van der Waals surface area contributed by atoms with E-state index in [9.17, 15) is 9.90 Å². The van der Waals surface area contributed by atoms with Crippen LogP contribution in [0.2, 0.25) is 0 Å². The maximum atomic E-state index is 11.9. The van der Waals surface area contributed by atoms with Gasteiger partial charge in [-0.2, -0.15) is 0 Å². The third-order valence-corrected chi connectivity index (χ3v) is 10.8. The second kappa shape index (κ2) is 12.9. The van der Waals surface area contributed by atoms with E-state index in [1.165, 1.54) is 12.0 Å².